The summed E-state index contributed by atoms with van der Waals surface area (Å²) in [5.74, 6) is -0.0366. The van der Waals surface area contributed by atoms with Crippen LogP contribution in [0.5, 0.6) is 0 Å². The minimum Gasteiger partial charge on any atom is -0.466 e. The Hall–Kier alpha value is -1.92. The van der Waals surface area contributed by atoms with E-state index < -0.39 is 12.1 Å². The van der Waals surface area contributed by atoms with Crippen LogP contribution in [0.1, 0.15) is 393 Å². The number of carbonyl (C=O) groups is 2. The Morgan fingerprint density at radius 1 is 0.354 bits per heavy atom. The van der Waals surface area contributed by atoms with Crippen LogP contribution < -0.4 is 5.32 Å². The third-order valence-electron chi connectivity index (χ3n) is 16.7. The van der Waals surface area contributed by atoms with Gasteiger partial charge in [0.15, 0.2) is 0 Å². The lowest BCUT2D eigenvalue weighted by atomic mass is 10.0. The lowest BCUT2D eigenvalue weighted by Gasteiger charge is -2.22. The van der Waals surface area contributed by atoms with E-state index in [0.717, 1.165) is 51.4 Å². The van der Waals surface area contributed by atoms with E-state index in [1.54, 1.807) is 0 Å². The van der Waals surface area contributed by atoms with Gasteiger partial charge in [0.2, 0.25) is 5.91 Å². The van der Waals surface area contributed by atoms with Crippen molar-refractivity contribution in [2.24, 2.45) is 0 Å². The highest BCUT2D eigenvalue weighted by Crippen LogP contribution is 2.19. The van der Waals surface area contributed by atoms with Crippen LogP contribution in [-0.4, -0.2) is 47.4 Å². The van der Waals surface area contributed by atoms with Crippen LogP contribution >= 0.6 is 0 Å². The molecule has 0 aliphatic carbocycles. The van der Waals surface area contributed by atoms with Crippen LogP contribution in [0.25, 0.3) is 0 Å². The molecule has 0 aromatic rings. The number of esters is 1. The second-order valence-electron chi connectivity index (χ2n) is 24.6. The predicted octanol–water partition coefficient (Wildman–Crippen LogP) is 23.1. The number of allylic oxidation sites excluding steroid dienone is 6. The van der Waals surface area contributed by atoms with Gasteiger partial charge >= 0.3 is 5.97 Å². The Bertz CT molecular complexity index is 1280. The molecule has 79 heavy (non-hydrogen) atoms. The van der Waals surface area contributed by atoms with Gasteiger partial charge in [-0.3, -0.25) is 9.59 Å². The summed E-state index contributed by atoms with van der Waals surface area (Å²) in [7, 11) is 0. The minimum atomic E-state index is -0.670. The van der Waals surface area contributed by atoms with Crippen molar-refractivity contribution in [1.29, 1.82) is 0 Å². The molecule has 0 bridgehead atoms. The van der Waals surface area contributed by atoms with Crippen LogP contribution in [0.3, 0.4) is 0 Å². The average molecular weight is 1110 g/mol. The molecule has 3 N–H and O–H groups in total. The molecule has 0 aromatic heterocycles. The van der Waals surface area contributed by atoms with Crippen molar-refractivity contribution in [1.82, 2.24) is 5.32 Å². The van der Waals surface area contributed by atoms with E-state index in [0.29, 0.717) is 25.9 Å². The van der Waals surface area contributed by atoms with E-state index in [2.05, 4.69) is 55.6 Å². The van der Waals surface area contributed by atoms with Crippen molar-refractivity contribution in [2.45, 2.75) is 405 Å². The molecule has 0 spiro atoms. The molecule has 2 atom stereocenters. The molecule has 0 aliphatic heterocycles. The maximum absolute atomic E-state index is 12.6. The van der Waals surface area contributed by atoms with Crippen LogP contribution in [0, 0.1) is 0 Å². The van der Waals surface area contributed by atoms with E-state index in [-0.39, 0.29) is 18.5 Å². The molecule has 0 saturated carbocycles. The smallest absolute Gasteiger partial charge is 0.305 e. The van der Waals surface area contributed by atoms with Crippen molar-refractivity contribution >= 4 is 11.9 Å². The zero-order chi connectivity index (χ0) is 57.1. The van der Waals surface area contributed by atoms with Gasteiger partial charge in [0.25, 0.3) is 0 Å². The SMILES string of the molecule is CCCCCC/C=C\CCCCCCCC(=O)OCCCCCCCCCCC/C=C\C/C=C\CCCCCCCCCCCC(=O)NC(CO)C(O)CCCCCCCCCCCCCCCCCCCCCCCCCC. The number of aliphatic hydroxyl groups excluding tert-OH is 2. The number of hydrogen-bond donors (Lipinski definition) is 3. The van der Waals surface area contributed by atoms with Gasteiger partial charge in [0, 0.05) is 12.8 Å². The molecule has 6 nitrogen and oxygen atoms in total. The van der Waals surface area contributed by atoms with Crippen LogP contribution in [0.4, 0.5) is 0 Å². The summed E-state index contributed by atoms with van der Waals surface area (Å²) >= 11 is 0. The fourth-order valence-electron chi connectivity index (χ4n) is 11.2. The summed E-state index contributed by atoms with van der Waals surface area (Å²) in [5, 5.41) is 23.4. The fourth-order valence-corrected chi connectivity index (χ4v) is 11.2. The topological polar surface area (TPSA) is 95.9 Å². The van der Waals surface area contributed by atoms with E-state index in [9.17, 15) is 19.8 Å². The number of amides is 1. The standard InChI is InChI=1S/C73H139NO5/c1-3-5-7-9-11-13-15-17-18-19-20-21-22-26-29-32-35-38-42-45-49-53-57-61-65-71(76)70(69-75)74-72(77)66-62-58-54-50-46-43-39-36-33-30-27-24-23-25-28-31-34-37-40-44-48-52-56-60-64-68-79-73(78)67-63-59-55-51-47-41-16-14-12-10-8-6-4-2/h14,16,24-25,27-28,70-71,75-76H,3-13,15,17-23,26,29-69H2,1-2H3,(H,74,77)/b16-14-,27-24-,28-25-. The predicted molar refractivity (Wildman–Crippen MR) is 347 cm³/mol. The maximum atomic E-state index is 12.6. The van der Waals surface area contributed by atoms with Gasteiger partial charge in [0.05, 0.1) is 25.4 Å². The zero-order valence-electron chi connectivity index (χ0n) is 53.4. The van der Waals surface area contributed by atoms with Crippen molar-refractivity contribution < 1.29 is 24.5 Å². The van der Waals surface area contributed by atoms with Crippen molar-refractivity contribution in [3.8, 4) is 0 Å². The molecule has 0 saturated heterocycles. The second kappa shape index (κ2) is 68.6. The van der Waals surface area contributed by atoms with E-state index in [1.165, 1.54) is 308 Å². The molecular weight excluding hydrogens is 971 g/mol. The third-order valence-corrected chi connectivity index (χ3v) is 16.7. The lowest BCUT2D eigenvalue weighted by Crippen LogP contribution is -2.45. The fraction of sp³-hybridized carbons (Fsp3) is 0.890. The molecule has 0 fully saturated rings. The number of rotatable bonds is 67. The number of unbranched alkanes of at least 4 members (excludes halogenated alkanes) is 50. The number of carbonyl (C=O) groups excluding carboxylic acids is 2. The highest BCUT2D eigenvalue weighted by molar-refractivity contribution is 5.76. The maximum Gasteiger partial charge on any atom is 0.305 e. The van der Waals surface area contributed by atoms with E-state index in [4.69, 9.17) is 4.74 Å². The Balaban J connectivity index is 3.43. The molecule has 2 unspecified atom stereocenters. The number of ether oxygens (including phenoxy) is 1. The Morgan fingerprint density at radius 2 is 0.633 bits per heavy atom. The quantitative estimate of drug-likeness (QED) is 0.0320. The molecule has 0 aromatic carbocycles. The van der Waals surface area contributed by atoms with Gasteiger partial charge in [-0.25, -0.2) is 0 Å². The van der Waals surface area contributed by atoms with Crippen molar-refractivity contribution in [2.75, 3.05) is 13.2 Å². The molecule has 0 rings (SSSR count). The highest BCUT2D eigenvalue weighted by Gasteiger charge is 2.20. The molecule has 466 valence electrons. The van der Waals surface area contributed by atoms with Crippen molar-refractivity contribution in [3.63, 3.8) is 0 Å². The minimum absolute atomic E-state index is 0.000292. The first kappa shape index (κ1) is 77.1. The molecule has 6 heteroatoms. The average Bonchev–Trinajstić information content (AvgIpc) is 3.45. The van der Waals surface area contributed by atoms with Gasteiger partial charge in [-0.1, -0.05) is 333 Å². The number of aliphatic hydroxyl groups is 2. The van der Waals surface area contributed by atoms with Crippen LogP contribution in [-0.2, 0) is 14.3 Å². The molecular formula is C73H139NO5. The first-order valence-electron chi connectivity index (χ1n) is 35.7. The summed E-state index contributed by atoms with van der Waals surface area (Å²) in [6.45, 7) is 4.96. The number of nitrogens with one attached hydrogen (secondary N) is 1. The van der Waals surface area contributed by atoms with E-state index in [1.807, 2.05) is 0 Å². The van der Waals surface area contributed by atoms with E-state index >= 15 is 0 Å². The Morgan fingerprint density at radius 3 is 0.987 bits per heavy atom. The lowest BCUT2D eigenvalue weighted by molar-refractivity contribution is -0.143. The molecule has 1 amide bonds. The summed E-state index contributed by atoms with van der Waals surface area (Å²) in [5.41, 5.74) is 0. The third kappa shape index (κ3) is 65.1. The van der Waals surface area contributed by atoms with Gasteiger partial charge in [-0.05, 0) is 83.5 Å². The largest absolute Gasteiger partial charge is 0.466 e. The van der Waals surface area contributed by atoms with Crippen LogP contribution in [0.15, 0.2) is 36.5 Å². The second-order valence-corrected chi connectivity index (χ2v) is 24.6. The first-order valence-corrected chi connectivity index (χ1v) is 35.7. The van der Waals surface area contributed by atoms with Crippen LogP contribution in [0.2, 0.25) is 0 Å². The Kier molecular flexibility index (Phi) is 66.9. The summed E-state index contributed by atoms with van der Waals surface area (Å²) in [6.07, 6.45) is 87.6. The van der Waals surface area contributed by atoms with Gasteiger partial charge in [-0.2, -0.15) is 0 Å². The van der Waals surface area contributed by atoms with Gasteiger partial charge < -0.3 is 20.3 Å². The molecule has 0 heterocycles. The zero-order valence-corrected chi connectivity index (χ0v) is 53.4. The van der Waals surface area contributed by atoms with Gasteiger partial charge in [-0.15, -0.1) is 0 Å². The first-order chi connectivity index (χ1) is 39.0. The normalized spacial score (nSPS) is 12.7. The van der Waals surface area contributed by atoms with Gasteiger partial charge in [0.1, 0.15) is 0 Å². The number of hydrogen-bond acceptors (Lipinski definition) is 5. The molecule has 0 aliphatic rings. The highest BCUT2D eigenvalue weighted by atomic mass is 16.5. The summed E-state index contributed by atoms with van der Waals surface area (Å²) in [6, 6.07) is -0.548. The summed E-state index contributed by atoms with van der Waals surface area (Å²) < 4.78 is 5.47. The molecule has 0 radical (unpaired) electrons. The summed E-state index contributed by atoms with van der Waals surface area (Å²) in [4.78, 5) is 24.6. The monoisotopic (exact) mass is 1110 g/mol. The van der Waals surface area contributed by atoms with Crippen molar-refractivity contribution in [3.05, 3.63) is 36.5 Å². The Labute approximate surface area is 494 Å².